The molecule has 0 fully saturated rings. The lowest BCUT2D eigenvalue weighted by Crippen LogP contribution is -2.31. The Kier molecular flexibility index (Phi) is 6.38. The number of benzene rings is 2. The van der Waals surface area contributed by atoms with Crippen molar-refractivity contribution < 1.29 is 9.59 Å². The zero-order valence-corrected chi connectivity index (χ0v) is 14.6. The summed E-state index contributed by atoms with van der Waals surface area (Å²) in [6.45, 7) is 3.91. The van der Waals surface area contributed by atoms with E-state index >= 15 is 0 Å². The fourth-order valence-electron chi connectivity index (χ4n) is 2.38. The lowest BCUT2D eigenvalue weighted by Gasteiger charge is -2.21. The summed E-state index contributed by atoms with van der Waals surface area (Å²) in [6, 6.07) is 14.8. The van der Waals surface area contributed by atoms with Crippen LogP contribution in [-0.2, 0) is 16.0 Å². The van der Waals surface area contributed by atoms with Crippen molar-refractivity contribution in [3.63, 3.8) is 0 Å². The number of carbonyl (C=O) groups excluding carboxylic acids is 2. The first-order chi connectivity index (χ1) is 11.5. The van der Waals surface area contributed by atoms with Crippen LogP contribution in [0.15, 0.2) is 48.5 Å². The molecule has 2 rings (SSSR count). The number of aryl methyl sites for hydroxylation is 1. The van der Waals surface area contributed by atoms with E-state index in [0.717, 1.165) is 12.1 Å². The maximum Gasteiger partial charge on any atom is 0.226 e. The van der Waals surface area contributed by atoms with Crippen molar-refractivity contribution in [2.24, 2.45) is 0 Å². The second-order valence-electron chi connectivity index (χ2n) is 5.50. The topological polar surface area (TPSA) is 49.4 Å². The number of carbonyl (C=O) groups is 2. The van der Waals surface area contributed by atoms with Gasteiger partial charge in [-0.25, -0.2) is 0 Å². The lowest BCUT2D eigenvalue weighted by molar-refractivity contribution is -0.117. The number of hydrogen-bond acceptors (Lipinski definition) is 2. The van der Waals surface area contributed by atoms with E-state index in [4.69, 9.17) is 11.6 Å². The summed E-state index contributed by atoms with van der Waals surface area (Å²) in [6.07, 6.45) is 1.16. The van der Waals surface area contributed by atoms with E-state index in [1.165, 1.54) is 12.5 Å². The number of rotatable bonds is 6. The Hall–Kier alpha value is -2.33. The van der Waals surface area contributed by atoms with Crippen molar-refractivity contribution in [1.29, 1.82) is 0 Å². The molecule has 2 aromatic rings. The number of hydrogen-bond donors (Lipinski definition) is 1. The van der Waals surface area contributed by atoms with Gasteiger partial charge in [0.25, 0.3) is 0 Å². The van der Waals surface area contributed by atoms with Gasteiger partial charge in [-0.05, 0) is 42.3 Å². The van der Waals surface area contributed by atoms with Crippen molar-refractivity contribution in [2.75, 3.05) is 16.8 Å². The van der Waals surface area contributed by atoms with Crippen molar-refractivity contribution in [1.82, 2.24) is 0 Å². The average Bonchev–Trinajstić information content (AvgIpc) is 2.55. The number of amides is 2. The summed E-state index contributed by atoms with van der Waals surface area (Å²) in [5.41, 5.74) is 2.66. The normalized spacial score (nSPS) is 10.3. The minimum Gasteiger partial charge on any atom is -0.326 e. The maximum atomic E-state index is 12.1. The van der Waals surface area contributed by atoms with Crippen LogP contribution >= 0.6 is 11.6 Å². The number of anilines is 2. The smallest absolute Gasteiger partial charge is 0.226 e. The summed E-state index contributed by atoms with van der Waals surface area (Å²) < 4.78 is 0. The maximum absolute atomic E-state index is 12.1. The Labute approximate surface area is 147 Å². The molecule has 24 heavy (non-hydrogen) atoms. The van der Waals surface area contributed by atoms with Gasteiger partial charge in [-0.2, -0.15) is 0 Å². The van der Waals surface area contributed by atoms with Crippen molar-refractivity contribution >= 4 is 34.8 Å². The molecule has 0 heterocycles. The van der Waals surface area contributed by atoms with Gasteiger partial charge >= 0.3 is 0 Å². The van der Waals surface area contributed by atoms with Crippen LogP contribution in [0.2, 0.25) is 5.02 Å². The van der Waals surface area contributed by atoms with Crippen LogP contribution in [0.3, 0.4) is 0 Å². The highest BCUT2D eigenvalue weighted by atomic mass is 35.5. The van der Waals surface area contributed by atoms with Crippen molar-refractivity contribution in [3.05, 3.63) is 59.1 Å². The molecule has 0 saturated heterocycles. The third-order valence-electron chi connectivity index (χ3n) is 3.71. The highest BCUT2D eigenvalue weighted by Gasteiger charge is 2.13. The fourth-order valence-corrected chi connectivity index (χ4v) is 2.57. The highest BCUT2D eigenvalue weighted by Crippen LogP contribution is 2.18. The molecule has 0 saturated carbocycles. The predicted octanol–water partition coefficient (Wildman–Crippen LogP) is 4.28. The minimum atomic E-state index is -0.159. The Morgan fingerprint density at radius 1 is 1.12 bits per heavy atom. The van der Waals surface area contributed by atoms with Gasteiger partial charge in [0.15, 0.2) is 0 Å². The molecule has 5 heteroatoms. The van der Waals surface area contributed by atoms with E-state index in [2.05, 4.69) is 12.2 Å². The first-order valence-corrected chi connectivity index (χ1v) is 8.30. The van der Waals surface area contributed by atoms with Gasteiger partial charge in [-0.1, -0.05) is 36.7 Å². The Morgan fingerprint density at radius 3 is 2.42 bits per heavy atom. The summed E-state index contributed by atoms with van der Waals surface area (Å²) in [5, 5.41) is 3.35. The van der Waals surface area contributed by atoms with E-state index in [-0.39, 0.29) is 18.2 Å². The number of halogens is 1. The molecule has 2 amide bonds. The summed E-state index contributed by atoms with van der Waals surface area (Å²) in [5.74, 6) is -0.247. The van der Waals surface area contributed by atoms with Gasteiger partial charge < -0.3 is 10.2 Å². The molecule has 0 aromatic heterocycles. The quantitative estimate of drug-likeness (QED) is 0.850. The van der Waals surface area contributed by atoms with Crippen LogP contribution in [0.25, 0.3) is 0 Å². The molecular formula is C19H21ClN2O2. The first kappa shape index (κ1) is 18.0. The summed E-state index contributed by atoms with van der Waals surface area (Å²) in [4.78, 5) is 25.6. The van der Waals surface area contributed by atoms with Crippen LogP contribution in [-0.4, -0.2) is 18.4 Å². The van der Waals surface area contributed by atoms with Crippen molar-refractivity contribution in [3.8, 4) is 0 Å². The zero-order chi connectivity index (χ0) is 17.5. The molecule has 0 spiro atoms. The third-order valence-corrected chi connectivity index (χ3v) is 3.94. The molecule has 0 aliphatic carbocycles. The lowest BCUT2D eigenvalue weighted by atomic mass is 10.1. The van der Waals surface area contributed by atoms with E-state index in [1.807, 2.05) is 24.3 Å². The first-order valence-electron chi connectivity index (χ1n) is 7.92. The molecule has 0 unspecified atom stereocenters. The SMILES string of the molecule is CCc1ccc(N(CCC(=O)Nc2cccc(Cl)c2)C(C)=O)cc1. The number of nitrogens with zero attached hydrogens (tertiary/aromatic N) is 1. The van der Waals surface area contributed by atoms with Crippen LogP contribution in [0.4, 0.5) is 11.4 Å². The van der Waals surface area contributed by atoms with Gasteiger partial charge in [0, 0.05) is 36.3 Å². The molecule has 0 bridgehead atoms. The minimum absolute atomic E-state index is 0.0881. The van der Waals surface area contributed by atoms with Gasteiger partial charge in [0.05, 0.1) is 0 Å². The van der Waals surface area contributed by atoms with E-state index in [1.54, 1.807) is 29.2 Å². The average molecular weight is 345 g/mol. The Morgan fingerprint density at radius 2 is 1.83 bits per heavy atom. The van der Waals surface area contributed by atoms with Crippen LogP contribution in [0.1, 0.15) is 25.8 Å². The van der Waals surface area contributed by atoms with E-state index in [0.29, 0.717) is 17.3 Å². The van der Waals surface area contributed by atoms with Gasteiger partial charge in [-0.15, -0.1) is 0 Å². The highest BCUT2D eigenvalue weighted by molar-refractivity contribution is 6.30. The van der Waals surface area contributed by atoms with Crippen LogP contribution in [0, 0.1) is 0 Å². The van der Waals surface area contributed by atoms with Gasteiger partial charge in [0.2, 0.25) is 11.8 Å². The zero-order valence-electron chi connectivity index (χ0n) is 13.9. The van der Waals surface area contributed by atoms with Gasteiger partial charge in [0.1, 0.15) is 0 Å². The molecule has 0 atom stereocenters. The summed E-state index contributed by atoms with van der Waals surface area (Å²) >= 11 is 5.90. The monoisotopic (exact) mass is 344 g/mol. The molecule has 2 aromatic carbocycles. The second-order valence-corrected chi connectivity index (χ2v) is 5.94. The molecule has 4 nitrogen and oxygen atoms in total. The number of nitrogens with one attached hydrogen (secondary N) is 1. The fraction of sp³-hybridized carbons (Fsp3) is 0.263. The second kappa shape index (κ2) is 8.50. The molecule has 126 valence electrons. The molecule has 1 N–H and O–H groups in total. The van der Waals surface area contributed by atoms with Crippen LogP contribution < -0.4 is 10.2 Å². The van der Waals surface area contributed by atoms with E-state index < -0.39 is 0 Å². The largest absolute Gasteiger partial charge is 0.326 e. The molecule has 0 radical (unpaired) electrons. The van der Waals surface area contributed by atoms with Crippen LogP contribution in [0.5, 0.6) is 0 Å². The predicted molar refractivity (Wildman–Crippen MR) is 98.5 cm³/mol. The van der Waals surface area contributed by atoms with Gasteiger partial charge in [-0.3, -0.25) is 9.59 Å². The summed E-state index contributed by atoms with van der Waals surface area (Å²) in [7, 11) is 0. The van der Waals surface area contributed by atoms with Crippen molar-refractivity contribution in [2.45, 2.75) is 26.7 Å². The van der Waals surface area contributed by atoms with E-state index in [9.17, 15) is 9.59 Å². The standard InChI is InChI=1S/C19H21ClN2O2/c1-3-15-7-9-18(10-8-15)22(14(2)23)12-11-19(24)21-17-6-4-5-16(20)13-17/h4-10,13H,3,11-12H2,1-2H3,(H,21,24). The Bertz CT molecular complexity index is 714. The molecular weight excluding hydrogens is 324 g/mol. The Balaban J connectivity index is 1.97. The molecule has 0 aliphatic rings. The molecule has 0 aliphatic heterocycles. The third kappa shape index (κ3) is 5.10.